The van der Waals surface area contributed by atoms with Gasteiger partial charge in [0.15, 0.2) is 23.6 Å². The van der Waals surface area contributed by atoms with Gasteiger partial charge in [-0.15, -0.1) is 0 Å². The fraction of sp³-hybridized carbons (Fsp3) is 0.429. The summed E-state index contributed by atoms with van der Waals surface area (Å²) in [4.78, 5) is 69.4. The number of nitrogens with one attached hydrogen (secondary N) is 3. The molecule has 26 heteroatoms. The number of nitrogens with zero attached hydrogens (tertiary/aromatic N) is 7. The van der Waals surface area contributed by atoms with Crippen molar-refractivity contribution in [2.45, 2.75) is 69.7 Å². The largest absolute Gasteiger partial charge is 0.349 e. The number of ether oxygens (including phenoxy) is 2. The van der Waals surface area contributed by atoms with Crippen LogP contribution < -0.4 is 16.2 Å². The molecule has 5 aromatic rings. The van der Waals surface area contributed by atoms with Gasteiger partial charge in [-0.3, -0.25) is 33.8 Å². The van der Waals surface area contributed by atoms with Crippen LogP contribution in [0.3, 0.4) is 0 Å². The van der Waals surface area contributed by atoms with Gasteiger partial charge in [0, 0.05) is 24.1 Å². The zero-order valence-electron chi connectivity index (χ0n) is 32.1. The first-order valence-corrected chi connectivity index (χ1v) is 23.9. The Morgan fingerprint density at radius 1 is 1.05 bits per heavy atom. The molecule has 4 aromatic heterocycles. The highest BCUT2D eigenvalue weighted by atomic mass is 32.5. The molecule has 4 N–H and O–H groups in total. The molecule has 0 spiro atoms. The number of nitriles is 1. The van der Waals surface area contributed by atoms with Gasteiger partial charge in [0.1, 0.15) is 42.3 Å². The van der Waals surface area contributed by atoms with Crippen molar-refractivity contribution in [3.05, 3.63) is 71.2 Å². The van der Waals surface area contributed by atoms with Crippen molar-refractivity contribution in [1.29, 1.82) is 5.26 Å². The Kier molecular flexibility index (Phi) is 12.5. The number of rotatable bonds is 9. The van der Waals surface area contributed by atoms with E-state index in [0.717, 1.165) is 6.33 Å². The van der Waals surface area contributed by atoms with Gasteiger partial charge in [-0.2, -0.15) is 10.2 Å². The minimum Gasteiger partial charge on any atom is -0.349 e. The molecule has 2 unspecified atom stereocenters. The van der Waals surface area contributed by atoms with Crippen molar-refractivity contribution in [2.75, 3.05) is 30.5 Å². The SMILES string of the molecule is CC(C)C(=O)Nc1nc2c(ncn2[C@@H]2O[C@@H]3COP(=S)(OCCC#N)O[C@H]4C[C@H](n5ccc6c(NC(=O)c7ccccc7)ncnc65)O[C@@H]4COP(O)(=S)O[C@@H]2[C@@H]3F)c(=O)[nH]1. The summed E-state index contributed by atoms with van der Waals surface area (Å²) in [6.45, 7) is -6.09. The molecule has 2 bridgehead atoms. The number of anilines is 2. The van der Waals surface area contributed by atoms with Gasteiger partial charge in [0.25, 0.3) is 11.5 Å². The number of carbonyl (C=O) groups excluding carboxylic acids is 2. The normalized spacial score (nSPS) is 29.3. The van der Waals surface area contributed by atoms with Crippen molar-refractivity contribution in [1.82, 2.24) is 34.1 Å². The number of fused-ring (bicyclic) bond motifs is 5. The van der Waals surface area contributed by atoms with E-state index >= 15 is 4.39 Å². The van der Waals surface area contributed by atoms with Crippen LogP contribution in [0.1, 0.15) is 49.5 Å². The van der Waals surface area contributed by atoms with Crippen LogP contribution in [0.25, 0.3) is 22.2 Å². The van der Waals surface area contributed by atoms with E-state index < -0.39 is 87.1 Å². The summed E-state index contributed by atoms with van der Waals surface area (Å²) in [6.07, 6.45) is -5.25. The zero-order chi connectivity index (χ0) is 43.1. The summed E-state index contributed by atoms with van der Waals surface area (Å²) in [5.41, 5.74) is -0.153. The van der Waals surface area contributed by atoms with Crippen LogP contribution in [0.5, 0.6) is 0 Å². The second kappa shape index (κ2) is 17.7. The van der Waals surface area contributed by atoms with Crippen molar-refractivity contribution in [3.63, 3.8) is 0 Å². The van der Waals surface area contributed by atoms with E-state index in [1.54, 1.807) is 61.0 Å². The van der Waals surface area contributed by atoms with Gasteiger partial charge in [0.05, 0.1) is 50.1 Å². The topological polar surface area (TPSA) is 261 Å². The fourth-order valence-electron chi connectivity index (χ4n) is 6.79. The second-order valence-corrected chi connectivity index (χ2v) is 20.0. The summed E-state index contributed by atoms with van der Waals surface area (Å²) >= 11 is 11.2. The van der Waals surface area contributed by atoms with Crippen molar-refractivity contribution in [2.24, 2.45) is 5.92 Å². The van der Waals surface area contributed by atoms with Crippen LogP contribution in [0.4, 0.5) is 16.2 Å². The molecule has 2 amide bonds. The average molecular weight is 919 g/mol. The Morgan fingerprint density at radius 3 is 2.61 bits per heavy atom. The van der Waals surface area contributed by atoms with E-state index in [0.29, 0.717) is 16.6 Å². The highest BCUT2D eigenvalue weighted by Crippen LogP contribution is 2.57. The Labute approximate surface area is 355 Å². The van der Waals surface area contributed by atoms with Crippen LogP contribution >= 0.6 is 13.4 Å². The summed E-state index contributed by atoms with van der Waals surface area (Å²) < 4.78 is 61.9. The highest BCUT2D eigenvalue weighted by molar-refractivity contribution is 8.07. The number of alkyl halides is 1. The Bertz CT molecular complexity index is 2670. The number of halogens is 1. The molecule has 1 aromatic carbocycles. The van der Waals surface area contributed by atoms with Gasteiger partial charge in [0.2, 0.25) is 11.9 Å². The quantitative estimate of drug-likeness (QED) is 0.120. The fourth-order valence-corrected chi connectivity index (χ4v) is 10.3. The van der Waals surface area contributed by atoms with Crippen molar-refractivity contribution in [3.8, 4) is 6.07 Å². The Hall–Kier alpha value is -4.47. The molecule has 9 atom stereocenters. The van der Waals surface area contributed by atoms with E-state index in [-0.39, 0.29) is 48.3 Å². The number of aromatic nitrogens is 7. The van der Waals surface area contributed by atoms with Crippen LogP contribution in [0.2, 0.25) is 0 Å². The predicted octanol–water partition coefficient (Wildman–Crippen LogP) is 4.12. The first-order valence-electron chi connectivity index (χ1n) is 18.7. The predicted molar refractivity (Wildman–Crippen MR) is 219 cm³/mol. The molecule has 3 fully saturated rings. The maximum absolute atomic E-state index is 16.5. The van der Waals surface area contributed by atoms with Gasteiger partial charge in [-0.1, -0.05) is 32.0 Å². The molecular weight excluding hydrogens is 882 g/mol. The third-order valence-corrected chi connectivity index (χ3v) is 13.7. The minimum absolute atomic E-state index is 0.0732. The number of benzene rings is 1. The molecule has 8 rings (SSSR count). The molecule has 0 aliphatic carbocycles. The third kappa shape index (κ3) is 9.20. The molecule has 21 nitrogen and oxygen atoms in total. The van der Waals surface area contributed by atoms with E-state index in [9.17, 15) is 24.5 Å². The molecule has 61 heavy (non-hydrogen) atoms. The zero-order valence-corrected chi connectivity index (χ0v) is 35.5. The number of hydrogen-bond acceptors (Lipinski definition) is 17. The lowest BCUT2D eigenvalue weighted by atomic mass is 10.1. The third-order valence-electron chi connectivity index (χ3n) is 9.79. The summed E-state index contributed by atoms with van der Waals surface area (Å²) in [6, 6.07) is 12.3. The number of imidazole rings is 1. The van der Waals surface area contributed by atoms with Gasteiger partial charge in [-0.25, -0.2) is 19.3 Å². The van der Waals surface area contributed by atoms with Gasteiger partial charge in [-0.05, 0) is 41.8 Å². The molecule has 0 saturated carbocycles. The van der Waals surface area contributed by atoms with E-state index in [1.807, 2.05) is 6.07 Å². The number of hydrogen-bond donors (Lipinski definition) is 4. The Morgan fingerprint density at radius 2 is 1.84 bits per heavy atom. The minimum atomic E-state index is -4.35. The first-order chi connectivity index (χ1) is 29.2. The summed E-state index contributed by atoms with van der Waals surface area (Å²) in [5, 5.41) is 15.1. The Balaban J connectivity index is 1.08. The van der Waals surface area contributed by atoms with Gasteiger partial charge < -0.3 is 42.3 Å². The first kappa shape index (κ1) is 43.2. The average Bonchev–Trinajstić information content (AvgIpc) is 4.02. The molecule has 3 aliphatic heterocycles. The van der Waals surface area contributed by atoms with Crippen molar-refractivity contribution < 1.29 is 51.0 Å². The standard InChI is InChI=1S/C35H37FN10O11P2S2/c1-18(2)31(47)43-35-42-30-26(33(49)44-35)40-17-46(30)34-27-25(36)23(55-34)15-53-59(61,51-12-6-10-37)56-21-13-24(54-22(21)14-52-58(50,60)57-27)45-11-9-20-28(38-16-39-29(20)45)41-32(48)19-7-4-3-5-8-19/h3-5,7-9,11,16-18,21-25,27,34H,6,12-15H2,1-2H3,(H,50,60)(H,38,39,41,48)(H2,42,43,44,47,49)/t21-,22+,23+,24+,25+,27+,34+,58?,59?/m0/s1. The number of aromatic amines is 1. The van der Waals surface area contributed by atoms with Crippen LogP contribution in [-0.2, 0) is 60.5 Å². The second-order valence-electron chi connectivity index (χ2n) is 14.2. The number of H-pyrrole nitrogens is 1. The summed E-state index contributed by atoms with van der Waals surface area (Å²) in [7, 11) is 0. The molecule has 3 aliphatic rings. The van der Waals surface area contributed by atoms with Gasteiger partial charge >= 0.3 is 13.4 Å². The smallest absolute Gasteiger partial charge is 0.327 e. The maximum Gasteiger partial charge on any atom is 0.327 e. The van der Waals surface area contributed by atoms with Crippen LogP contribution in [0, 0.1) is 17.2 Å². The lowest BCUT2D eigenvalue weighted by Gasteiger charge is -2.29. The lowest BCUT2D eigenvalue weighted by molar-refractivity contribution is -0.118. The van der Waals surface area contributed by atoms with Crippen molar-refractivity contribution >= 4 is 82.8 Å². The molecule has 322 valence electrons. The lowest BCUT2D eigenvalue weighted by Crippen LogP contribution is -2.32. The molecule has 7 heterocycles. The van der Waals surface area contributed by atoms with E-state index in [2.05, 4.69) is 35.6 Å². The van der Waals surface area contributed by atoms with Crippen LogP contribution in [-0.4, -0.2) is 101 Å². The molecule has 3 saturated heterocycles. The maximum atomic E-state index is 16.5. The monoisotopic (exact) mass is 918 g/mol. The van der Waals surface area contributed by atoms with E-state index in [1.165, 1.54) is 10.9 Å². The van der Waals surface area contributed by atoms with E-state index in [4.69, 9.17) is 55.7 Å². The number of carbonyl (C=O) groups is 2. The highest BCUT2D eigenvalue weighted by Gasteiger charge is 2.52. The number of amides is 2. The van der Waals surface area contributed by atoms with Crippen LogP contribution in [0.15, 0.2) is 60.0 Å². The summed E-state index contributed by atoms with van der Waals surface area (Å²) in [5.74, 6) is -1.19. The molecular formula is C35H37FN10O11P2S2. The molecule has 0 radical (unpaired) electrons.